The number of rotatable bonds is 5. The van der Waals surface area contributed by atoms with Crippen molar-refractivity contribution >= 4 is 11.7 Å². The van der Waals surface area contributed by atoms with E-state index >= 15 is 0 Å². The van der Waals surface area contributed by atoms with Crippen molar-refractivity contribution in [1.29, 1.82) is 0 Å². The number of aromatic nitrogens is 2. The highest BCUT2D eigenvalue weighted by Gasteiger charge is 2.20. The second-order valence-corrected chi connectivity index (χ2v) is 5.77. The molecule has 3 rings (SSSR count). The molecule has 0 unspecified atom stereocenters. The summed E-state index contributed by atoms with van der Waals surface area (Å²) >= 11 is 0. The Morgan fingerprint density at radius 1 is 1.08 bits per heavy atom. The predicted octanol–water partition coefficient (Wildman–Crippen LogP) is 3.76. The molecule has 0 bridgehead atoms. The van der Waals surface area contributed by atoms with Gasteiger partial charge in [-0.15, -0.1) is 0 Å². The Kier molecular flexibility index (Phi) is 4.79. The zero-order chi connectivity index (χ0) is 17.8. The van der Waals surface area contributed by atoms with E-state index in [0.29, 0.717) is 11.4 Å². The first-order chi connectivity index (χ1) is 12.1. The van der Waals surface area contributed by atoms with Crippen LogP contribution in [0.3, 0.4) is 0 Å². The predicted molar refractivity (Wildman–Crippen MR) is 94.4 cm³/mol. The minimum atomic E-state index is -0.694. The fourth-order valence-electron chi connectivity index (χ4n) is 2.37. The lowest BCUT2D eigenvalue weighted by molar-refractivity contribution is -0.122. The van der Waals surface area contributed by atoms with Crippen molar-refractivity contribution in [3.63, 3.8) is 0 Å². The van der Waals surface area contributed by atoms with E-state index in [9.17, 15) is 4.79 Å². The Bertz CT molecular complexity index is 875. The van der Waals surface area contributed by atoms with E-state index in [2.05, 4.69) is 15.6 Å². The van der Waals surface area contributed by atoms with Crippen LogP contribution < -0.4 is 10.1 Å². The van der Waals surface area contributed by atoms with Crippen molar-refractivity contribution in [2.45, 2.75) is 26.9 Å². The topological polar surface area (TPSA) is 77.2 Å². The second kappa shape index (κ2) is 7.17. The number of carbonyl (C=O) groups is 1. The van der Waals surface area contributed by atoms with Crippen LogP contribution in [-0.4, -0.2) is 22.3 Å². The summed E-state index contributed by atoms with van der Waals surface area (Å²) in [4.78, 5) is 12.4. The van der Waals surface area contributed by atoms with Crippen LogP contribution in [0.1, 0.15) is 18.1 Å². The summed E-state index contributed by atoms with van der Waals surface area (Å²) in [5.74, 6) is 0.630. The van der Waals surface area contributed by atoms with Gasteiger partial charge in [0.1, 0.15) is 5.75 Å². The molecule has 0 radical (unpaired) electrons. The second-order valence-electron chi connectivity index (χ2n) is 5.77. The van der Waals surface area contributed by atoms with E-state index in [1.807, 2.05) is 62.4 Å². The molecule has 0 fully saturated rings. The van der Waals surface area contributed by atoms with E-state index in [1.54, 1.807) is 6.92 Å². The highest BCUT2D eigenvalue weighted by Crippen LogP contribution is 2.25. The fraction of sp³-hybridized carbons (Fsp3) is 0.211. The molecule has 0 saturated carbocycles. The van der Waals surface area contributed by atoms with Gasteiger partial charge in [0.25, 0.3) is 5.91 Å². The Balaban J connectivity index is 1.73. The maximum absolute atomic E-state index is 12.4. The quantitative estimate of drug-likeness (QED) is 0.767. The number of benzene rings is 2. The lowest BCUT2D eigenvalue weighted by atomic mass is 10.1. The van der Waals surface area contributed by atoms with Crippen LogP contribution in [0.25, 0.3) is 11.3 Å². The highest BCUT2D eigenvalue weighted by atomic mass is 16.6. The molecule has 0 saturated heterocycles. The molecule has 1 atom stereocenters. The largest absolute Gasteiger partial charge is 0.481 e. The molecule has 0 aliphatic rings. The summed E-state index contributed by atoms with van der Waals surface area (Å²) in [5.41, 5.74) is 3.41. The molecule has 1 aromatic heterocycles. The van der Waals surface area contributed by atoms with Crippen molar-refractivity contribution in [3.8, 4) is 17.0 Å². The number of ether oxygens (including phenoxy) is 1. The van der Waals surface area contributed by atoms with Gasteiger partial charge < -0.3 is 10.1 Å². The van der Waals surface area contributed by atoms with Crippen LogP contribution >= 0.6 is 0 Å². The van der Waals surface area contributed by atoms with Gasteiger partial charge in [-0.25, -0.2) is 4.63 Å². The van der Waals surface area contributed by atoms with E-state index in [-0.39, 0.29) is 11.7 Å². The van der Waals surface area contributed by atoms with Crippen LogP contribution in [0.15, 0.2) is 53.2 Å². The van der Waals surface area contributed by atoms with E-state index in [1.165, 1.54) is 0 Å². The molecule has 6 nitrogen and oxygen atoms in total. The number of carbonyl (C=O) groups excluding carboxylic acids is 1. The van der Waals surface area contributed by atoms with Gasteiger partial charge in [-0.1, -0.05) is 42.5 Å². The average molecular weight is 337 g/mol. The lowest BCUT2D eigenvalue weighted by Gasteiger charge is -2.16. The molecule has 1 heterocycles. The molecule has 25 heavy (non-hydrogen) atoms. The highest BCUT2D eigenvalue weighted by molar-refractivity contribution is 5.95. The van der Waals surface area contributed by atoms with Gasteiger partial charge in [0.2, 0.25) is 5.82 Å². The zero-order valence-electron chi connectivity index (χ0n) is 14.3. The van der Waals surface area contributed by atoms with Gasteiger partial charge >= 0.3 is 0 Å². The number of hydrogen-bond acceptors (Lipinski definition) is 5. The number of hydrogen-bond donors (Lipinski definition) is 1. The van der Waals surface area contributed by atoms with E-state index < -0.39 is 6.10 Å². The van der Waals surface area contributed by atoms with Gasteiger partial charge in [-0.3, -0.25) is 4.79 Å². The molecule has 3 aromatic rings. The Labute approximate surface area is 145 Å². The summed E-state index contributed by atoms with van der Waals surface area (Å²) in [7, 11) is 0. The number of anilines is 1. The minimum absolute atomic E-state index is 0.271. The van der Waals surface area contributed by atoms with Crippen molar-refractivity contribution in [2.75, 3.05) is 5.32 Å². The molecular weight excluding hydrogens is 318 g/mol. The van der Waals surface area contributed by atoms with Crippen molar-refractivity contribution < 1.29 is 14.2 Å². The van der Waals surface area contributed by atoms with Gasteiger partial charge in [-0.2, -0.15) is 0 Å². The molecule has 128 valence electrons. The van der Waals surface area contributed by atoms with Crippen LogP contribution in [0, 0.1) is 13.8 Å². The third kappa shape index (κ3) is 3.68. The summed E-state index contributed by atoms with van der Waals surface area (Å²) < 4.78 is 10.6. The minimum Gasteiger partial charge on any atom is -0.481 e. The monoisotopic (exact) mass is 337 g/mol. The molecule has 6 heteroatoms. The maximum atomic E-state index is 12.4. The van der Waals surface area contributed by atoms with Crippen molar-refractivity contribution in [1.82, 2.24) is 10.3 Å². The molecule has 1 amide bonds. The number of amides is 1. The molecule has 2 aromatic carbocycles. The summed E-state index contributed by atoms with van der Waals surface area (Å²) in [6.07, 6.45) is -0.694. The zero-order valence-corrected chi connectivity index (χ0v) is 14.3. The average Bonchev–Trinajstić information content (AvgIpc) is 3.07. The van der Waals surface area contributed by atoms with Crippen molar-refractivity contribution in [2.24, 2.45) is 0 Å². The fourth-order valence-corrected chi connectivity index (χ4v) is 2.37. The van der Waals surface area contributed by atoms with Crippen LogP contribution in [0.4, 0.5) is 5.82 Å². The smallest absolute Gasteiger partial charge is 0.266 e. The van der Waals surface area contributed by atoms with E-state index in [0.717, 1.165) is 16.7 Å². The van der Waals surface area contributed by atoms with Gasteiger partial charge in [0, 0.05) is 5.56 Å². The van der Waals surface area contributed by atoms with E-state index in [4.69, 9.17) is 9.37 Å². The third-order valence-corrected chi connectivity index (χ3v) is 4.01. The number of nitrogens with zero attached hydrogens (tertiary/aromatic N) is 2. The van der Waals surface area contributed by atoms with Gasteiger partial charge in [0.05, 0.1) is 0 Å². The molecule has 0 aliphatic carbocycles. The van der Waals surface area contributed by atoms with Crippen LogP contribution in [0.2, 0.25) is 0 Å². The summed E-state index contributed by atoms with van der Waals surface area (Å²) in [6, 6.07) is 15.1. The van der Waals surface area contributed by atoms with Crippen LogP contribution in [0.5, 0.6) is 5.75 Å². The van der Waals surface area contributed by atoms with Crippen LogP contribution in [-0.2, 0) is 4.79 Å². The first kappa shape index (κ1) is 16.7. The summed E-state index contributed by atoms with van der Waals surface area (Å²) in [6.45, 7) is 5.65. The van der Waals surface area contributed by atoms with Crippen molar-refractivity contribution in [3.05, 3.63) is 59.7 Å². The number of aryl methyl sites for hydroxylation is 1. The Morgan fingerprint density at radius 3 is 2.60 bits per heavy atom. The molecule has 1 N–H and O–H groups in total. The molecular formula is C19H19N3O3. The first-order valence-corrected chi connectivity index (χ1v) is 7.98. The summed E-state index contributed by atoms with van der Waals surface area (Å²) in [5, 5.41) is 10.4. The Morgan fingerprint density at radius 2 is 1.84 bits per heavy atom. The first-order valence-electron chi connectivity index (χ1n) is 7.98. The number of nitrogens with one attached hydrogen (secondary N) is 1. The van der Waals surface area contributed by atoms with Gasteiger partial charge in [0.15, 0.2) is 11.8 Å². The van der Waals surface area contributed by atoms with Gasteiger partial charge in [-0.05, 0) is 48.3 Å². The third-order valence-electron chi connectivity index (χ3n) is 4.01. The molecule has 0 aliphatic heterocycles. The maximum Gasteiger partial charge on any atom is 0.266 e. The SMILES string of the molecule is Cc1cccc(O[C@@H](C)C(=O)Nc2nonc2-c2ccccc2)c1C. The molecule has 0 spiro atoms. The Hall–Kier alpha value is -3.15. The lowest BCUT2D eigenvalue weighted by Crippen LogP contribution is -2.30. The standard InChI is InChI=1S/C19H19N3O3/c1-12-8-7-11-16(13(12)2)24-14(3)19(23)20-18-17(21-25-22-18)15-9-5-4-6-10-15/h4-11,14H,1-3H3,(H,20,22,23)/t14-/m0/s1. The normalized spacial score (nSPS) is 11.8.